The summed E-state index contributed by atoms with van der Waals surface area (Å²) in [6, 6.07) is 0. The lowest BCUT2D eigenvalue weighted by atomic mass is 9.77. The van der Waals surface area contributed by atoms with Gasteiger partial charge >= 0.3 is 0 Å². The van der Waals surface area contributed by atoms with Gasteiger partial charge in [0, 0.05) is 5.41 Å². The number of fused-ring (bicyclic) bond motifs is 2. The predicted molar refractivity (Wildman–Crippen MR) is 62.3 cm³/mol. The second kappa shape index (κ2) is 2.33. The predicted octanol–water partition coefficient (Wildman–Crippen LogP) is 3.63. The Labute approximate surface area is 89.7 Å². The SMILES string of the molecule is C1=CC2=CC=CC23C=CC2=C(C2)C(=C1)C3. The summed E-state index contributed by atoms with van der Waals surface area (Å²) in [6.45, 7) is 0. The molecule has 0 heterocycles. The highest BCUT2D eigenvalue weighted by Crippen LogP contribution is 2.52. The van der Waals surface area contributed by atoms with Gasteiger partial charge in [0.1, 0.15) is 0 Å². The standard InChI is InChI=1S/C15H12/c1-3-12-10-15(7-2-5-13(15)4-1)8-6-11-9-14(11)12/h1-8H,9-10H2. The molecule has 0 aliphatic heterocycles. The van der Waals surface area contributed by atoms with Crippen LogP contribution in [0.3, 0.4) is 0 Å². The van der Waals surface area contributed by atoms with E-state index in [2.05, 4.69) is 48.6 Å². The first-order chi connectivity index (χ1) is 7.37. The Bertz CT molecular complexity index is 532. The summed E-state index contributed by atoms with van der Waals surface area (Å²) >= 11 is 0. The van der Waals surface area contributed by atoms with Crippen molar-refractivity contribution in [2.75, 3.05) is 0 Å². The summed E-state index contributed by atoms with van der Waals surface area (Å²) < 4.78 is 0. The van der Waals surface area contributed by atoms with Crippen molar-refractivity contribution in [1.82, 2.24) is 0 Å². The third-order valence-corrected chi connectivity index (χ3v) is 3.86. The third kappa shape index (κ3) is 0.918. The van der Waals surface area contributed by atoms with E-state index in [0.29, 0.717) is 0 Å². The third-order valence-electron chi connectivity index (χ3n) is 3.86. The molecule has 0 aromatic rings. The maximum atomic E-state index is 2.39. The van der Waals surface area contributed by atoms with Gasteiger partial charge in [-0.3, -0.25) is 0 Å². The van der Waals surface area contributed by atoms with Gasteiger partial charge in [0.05, 0.1) is 0 Å². The first-order valence-corrected chi connectivity index (χ1v) is 5.56. The lowest BCUT2D eigenvalue weighted by Gasteiger charge is -2.25. The van der Waals surface area contributed by atoms with Gasteiger partial charge in [0.25, 0.3) is 0 Å². The van der Waals surface area contributed by atoms with Crippen molar-refractivity contribution in [2.24, 2.45) is 5.41 Å². The molecule has 4 aliphatic rings. The molecule has 0 heteroatoms. The van der Waals surface area contributed by atoms with E-state index in [1.807, 2.05) is 0 Å². The molecule has 0 amide bonds. The fourth-order valence-corrected chi connectivity index (χ4v) is 2.88. The summed E-state index contributed by atoms with van der Waals surface area (Å²) in [5, 5.41) is 0. The minimum absolute atomic E-state index is 0.173. The summed E-state index contributed by atoms with van der Waals surface area (Å²) in [7, 11) is 0. The van der Waals surface area contributed by atoms with Gasteiger partial charge in [0.2, 0.25) is 0 Å². The molecule has 0 fully saturated rings. The smallest absolute Gasteiger partial charge is 0.0358 e. The van der Waals surface area contributed by atoms with E-state index in [4.69, 9.17) is 0 Å². The quantitative estimate of drug-likeness (QED) is 0.550. The maximum absolute atomic E-state index is 2.39. The van der Waals surface area contributed by atoms with Crippen molar-refractivity contribution >= 4 is 0 Å². The molecule has 4 rings (SSSR count). The normalized spacial score (nSPS) is 34.1. The van der Waals surface area contributed by atoms with Crippen LogP contribution in [-0.4, -0.2) is 0 Å². The van der Waals surface area contributed by atoms with Crippen molar-refractivity contribution in [3.05, 3.63) is 70.9 Å². The average Bonchev–Trinajstić information content (AvgIpc) is 2.96. The lowest BCUT2D eigenvalue weighted by molar-refractivity contribution is 0.610. The van der Waals surface area contributed by atoms with E-state index < -0.39 is 0 Å². The van der Waals surface area contributed by atoms with E-state index in [1.165, 1.54) is 12.0 Å². The Morgan fingerprint density at radius 3 is 3.00 bits per heavy atom. The molecule has 15 heavy (non-hydrogen) atoms. The highest BCUT2D eigenvalue weighted by atomic mass is 14.4. The van der Waals surface area contributed by atoms with Crippen LogP contribution in [0.4, 0.5) is 0 Å². The fourth-order valence-electron chi connectivity index (χ4n) is 2.88. The molecule has 0 N–H and O–H groups in total. The largest absolute Gasteiger partial charge is 0.0698 e. The molecule has 1 unspecified atom stereocenters. The number of hydrogen-bond donors (Lipinski definition) is 0. The van der Waals surface area contributed by atoms with Gasteiger partial charge in [-0.2, -0.15) is 0 Å². The van der Waals surface area contributed by atoms with E-state index in [9.17, 15) is 0 Å². The van der Waals surface area contributed by atoms with Crippen molar-refractivity contribution in [1.29, 1.82) is 0 Å². The van der Waals surface area contributed by atoms with E-state index in [1.54, 1.807) is 16.7 Å². The Morgan fingerprint density at radius 2 is 2.00 bits per heavy atom. The maximum Gasteiger partial charge on any atom is 0.0358 e. The van der Waals surface area contributed by atoms with Crippen LogP contribution in [0.25, 0.3) is 0 Å². The fraction of sp³-hybridized carbons (Fsp3) is 0.200. The Morgan fingerprint density at radius 1 is 1.00 bits per heavy atom. The molecular weight excluding hydrogens is 180 g/mol. The van der Waals surface area contributed by atoms with E-state index in [-0.39, 0.29) is 5.41 Å². The summed E-state index contributed by atoms with van der Waals surface area (Å²) in [5.41, 5.74) is 6.29. The van der Waals surface area contributed by atoms with Crippen LogP contribution < -0.4 is 0 Å². The highest BCUT2D eigenvalue weighted by Gasteiger charge is 2.37. The molecule has 0 radical (unpaired) electrons. The van der Waals surface area contributed by atoms with Gasteiger partial charge in [-0.15, -0.1) is 0 Å². The second-order valence-corrected chi connectivity index (χ2v) is 4.76. The molecule has 1 spiro atoms. The molecule has 0 aromatic heterocycles. The van der Waals surface area contributed by atoms with Gasteiger partial charge in [0.15, 0.2) is 0 Å². The molecule has 72 valence electrons. The minimum Gasteiger partial charge on any atom is -0.0698 e. The minimum atomic E-state index is 0.173. The molecule has 0 aromatic carbocycles. The van der Waals surface area contributed by atoms with E-state index >= 15 is 0 Å². The van der Waals surface area contributed by atoms with Gasteiger partial charge in [-0.05, 0) is 35.1 Å². The number of hydrogen-bond acceptors (Lipinski definition) is 0. The molecule has 4 aliphatic carbocycles. The summed E-state index contributed by atoms with van der Waals surface area (Å²) in [5.74, 6) is 0. The zero-order valence-corrected chi connectivity index (χ0v) is 8.53. The zero-order valence-electron chi connectivity index (χ0n) is 8.53. The topological polar surface area (TPSA) is 0 Å². The van der Waals surface area contributed by atoms with Crippen LogP contribution >= 0.6 is 0 Å². The Balaban J connectivity index is 1.97. The van der Waals surface area contributed by atoms with Crippen molar-refractivity contribution in [3.8, 4) is 0 Å². The average molecular weight is 192 g/mol. The molecule has 0 saturated heterocycles. The van der Waals surface area contributed by atoms with Crippen LogP contribution in [-0.2, 0) is 0 Å². The highest BCUT2D eigenvalue weighted by molar-refractivity contribution is 5.63. The van der Waals surface area contributed by atoms with Crippen molar-refractivity contribution in [3.63, 3.8) is 0 Å². The van der Waals surface area contributed by atoms with Crippen LogP contribution in [0.2, 0.25) is 0 Å². The van der Waals surface area contributed by atoms with Crippen LogP contribution in [0.5, 0.6) is 0 Å². The first kappa shape index (κ1) is 7.70. The number of rotatable bonds is 0. The van der Waals surface area contributed by atoms with Crippen LogP contribution in [0.1, 0.15) is 12.8 Å². The van der Waals surface area contributed by atoms with Crippen LogP contribution in [0, 0.1) is 5.41 Å². The van der Waals surface area contributed by atoms with Gasteiger partial charge < -0.3 is 0 Å². The lowest BCUT2D eigenvalue weighted by Crippen LogP contribution is -2.15. The van der Waals surface area contributed by atoms with Crippen molar-refractivity contribution in [2.45, 2.75) is 12.8 Å². The molecule has 0 saturated carbocycles. The van der Waals surface area contributed by atoms with Gasteiger partial charge in [-0.25, -0.2) is 0 Å². The molecular formula is C15H12. The van der Waals surface area contributed by atoms with Gasteiger partial charge in [-0.1, -0.05) is 48.6 Å². The summed E-state index contributed by atoms with van der Waals surface area (Å²) in [6.07, 6.45) is 20.6. The second-order valence-electron chi connectivity index (χ2n) is 4.76. The first-order valence-electron chi connectivity index (χ1n) is 5.56. The molecule has 0 nitrogen and oxygen atoms in total. The molecule has 2 bridgehead atoms. The monoisotopic (exact) mass is 192 g/mol. The van der Waals surface area contributed by atoms with Crippen molar-refractivity contribution < 1.29 is 0 Å². The molecule has 1 atom stereocenters. The summed E-state index contributed by atoms with van der Waals surface area (Å²) in [4.78, 5) is 0. The number of allylic oxidation sites excluding steroid dienone is 12. The Hall–Kier alpha value is -1.56. The van der Waals surface area contributed by atoms with Crippen LogP contribution in [0.15, 0.2) is 70.9 Å². The zero-order chi connectivity index (χ0) is 9.88. The van der Waals surface area contributed by atoms with E-state index in [0.717, 1.165) is 6.42 Å². The Kier molecular flexibility index (Phi) is 1.19.